The van der Waals surface area contributed by atoms with Gasteiger partial charge in [-0.3, -0.25) is 4.79 Å². The van der Waals surface area contributed by atoms with E-state index in [0.29, 0.717) is 24.5 Å². The van der Waals surface area contributed by atoms with Crippen molar-refractivity contribution >= 4 is 6.41 Å². The van der Waals surface area contributed by atoms with Gasteiger partial charge < -0.3 is 16.4 Å². The molecule has 0 aliphatic heterocycles. The molecule has 0 aromatic rings. The molecule has 0 saturated carbocycles. The van der Waals surface area contributed by atoms with Crippen molar-refractivity contribution in [2.24, 2.45) is 23.3 Å². The van der Waals surface area contributed by atoms with Crippen LogP contribution in [-0.2, 0) is 4.79 Å². The van der Waals surface area contributed by atoms with Crippen molar-refractivity contribution in [1.82, 2.24) is 4.90 Å². The van der Waals surface area contributed by atoms with Crippen molar-refractivity contribution in [3.63, 3.8) is 0 Å². The van der Waals surface area contributed by atoms with Crippen molar-refractivity contribution in [2.75, 3.05) is 13.2 Å². The third-order valence-corrected chi connectivity index (χ3v) is 2.68. The monoisotopic (exact) mass is 231 g/mol. The first-order chi connectivity index (χ1) is 7.38. The average molecular weight is 231 g/mol. The van der Waals surface area contributed by atoms with Gasteiger partial charge in [-0.15, -0.1) is 0 Å². The standard InChI is InChI=1S/C7H16N2O.C5H13N/c1-3-7(2)4-9(5-8)6-10;1-4(2)5(3)6/h6-7H,3-5,8H2,1-2H3;4-5H,6H2,1-3H3. The van der Waals surface area contributed by atoms with Crippen molar-refractivity contribution in [3.05, 3.63) is 0 Å². The van der Waals surface area contributed by atoms with Crippen LogP contribution in [0.25, 0.3) is 0 Å². The molecule has 0 spiro atoms. The van der Waals surface area contributed by atoms with Crippen LogP contribution >= 0.6 is 0 Å². The maximum absolute atomic E-state index is 10.2. The predicted molar refractivity (Wildman–Crippen MR) is 69.8 cm³/mol. The largest absolute Gasteiger partial charge is 0.332 e. The zero-order valence-electron chi connectivity index (χ0n) is 11.4. The van der Waals surface area contributed by atoms with Gasteiger partial charge in [-0.2, -0.15) is 0 Å². The minimum Gasteiger partial charge on any atom is -0.332 e. The van der Waals surface area contributed by atoms with Crippen LogP contribution in [0.1, 0.15) is 41.0 Å². The van der Waals surface area contributed by atoms with E-state index >= 15 is 0 Å². The molecule has 0 aliphatic rings. The molecule has 16 heavy (non-hydrogen) atoms. The molecule has 2 unspecified atom stereocenters. The van der Waals surface area contributed by atoms with Gasteiger partial charge in [0.1, 0.15) is 0 Å². The zero-order valence-corrected chi connectivity index (χ0v) is 11.4. The molecule has 0 aliphatic carbocycles. The van der Waals surface area contributed by atoms with Gasteiger partial charge in [0.25, 0.3) is 0 Å². The molecule has 0 radical (unpaired) electrons. The Bertz CT molecular complexity index is 154. The van der Waals surface area contributed by atoms with E-state index in [4.69, 9.17) is 11.5 Å². The second kappa shape index (κ2) is 10.9. The van der Waals surface area contributed by atoms with E-state index < -0.39 is 0 Å². The Morgan fingerprint density at radius 1 is 1.25 bits per heavy atom. The molecular weight excluding hydrogens is 202 g/mol. The van der Waals surface area contributed by atoms with Gasteiger partial charge in [0.15, 0.2) is 0 Å². The molecule has 0 aromatic heterocycles. The van der Waals surface area contributed by atoms with Gasteiger partial charge in [-0.1, -0.05) is 34.1 Å². The van der Waals surface area contributed by atoms with Crippen molar-refractivity contribution in [2.45, 2.75) is 47.1 Å². The fourth-order valence-corrected chi connectivity index (χ4v) is 0.690. The van der Waals surface area contributed by atoms with Crippen LogP contribution in [0.15, 0.2) is 0 Å². The molecule has 2 atom stereocenters. The van der Waals surface area contributed by atoms with Crippen molar-refractivity contribution in [3.8, 4) is 0 Å². The number of nitrogens with two attached hydrogens (primary N) is 2. The normalized spacial score (nSPS) is 13.8. The molecule has 4 N–H and O–H groups in total. The third kappa shape index (κ3) is 11.5. The number of hydrogen-bond donors (Lipinski definition) is 2. The zero-order chi connectivity index (χ0) is 13.1. The smallest absolute Gasteiger partial charge is 0.210 e. The molecule has 0 fully saturated rings. The summed E-state index contributed by atoms with van der Waals surface area (Å²) < 4.78 is 0. The van der Waals surface area contributed by atoms with Crippen LogP contribution in [0.4, 0.5) is 0 Å². The highest BCUT2D eigenvalue weighted by Gasteiger charge is 2.03. The topological polar surface area (TPSA) is 72.3 Å². The molecule has 0 saturated heterocycles. The first-order valence-electron chi connectivity index (χ1n) is 6.03. The first-order valence-corrected chi connectivity index (χ1v) is 6.03. The number of nitrogens with zero attached hydrogens (tertiary/aromatic N) is 1. The summed E-state index contributed by atoms with van der Waals surface area (Å²) in [4.78, 5) is 11.8. The fraction of sp³-hybridized carbons (Fsp3) is 0.917. The molecule has 0 heterocycles. The van der Waals surface area contributed by atoms with E-state index in [0.717, 1.165) is 19.4 Å². The SMILES string of the molecule is CC(C)C(C)N.CCC(C)CN(C=O)CN. The Balaban J connectivity index is 0. The molecule has 4 nitrogen and oxygen atoms in total. The van der Waals surface area contributed by atoms with Gasteiger partial charge >= 0.3 is 0 Å². The van der Waals surface area contributed by atoms with Crippen molar-refractivity contribution < 1.29 is 4.79 Å². The third-order valence-electron chi connectivity index (χ3n) is 2.68. The second-order valence-electron chi connectivity index (χ2n) is 4.68. The molecule has 0 rings (SSSR count). The number of hydrogen-bond acceptors (Lipinski definition) is 3. The Hall–Kier alpha value is -0.610. The highest BCUT2D eigenvalue weighted by Crippen LogP contribution is 2.00. The van der Waals surface area contributed by atoms with Crippen LogP contribution in [0.2, 0.25) is 0 Å². The summed E-state index contributed by atoms with van der Waals surface area (Å²) in [5.74, 6) is 1.18. The molecule has 1 amide bonds. The predicted octanol–water partition coefficient (Wildman–Crippen LogP) is 1.40. The molecule has 98 valence electrons. The Morgan fingerprint density at radius 2 is 1.69 bits per heavy atom. The maximum Gasteiger partial charge on any atom is 0.210 e. The molecule has 4 heteroatoms. The fourth-order valence-electron chi connectivity index (χ4n) is 0.690. The van der Waals surface area contributed by atoms with Crippen molar-refractivity contribution in [1.29, 1.82) is 0 Å². The first kappa shape index (κ1) is 17.8. The summed E-state index contributed by atoms with van der Waals surface area (Å²) >= 11 is 0. The minimum absolute atomic E-state index is 0.327. The summed E-state index contributed by atoms with van der Waals surface area (Å²) in [5.41, 5.74) is 10.7. The lowest BCUT2D eigenvalue weighted by Gasteiger charge is -2.18. The van der Waals surface area contributed by atoms with Crippen LogP contribution in [0.5, 0.6) is 0 Å². The van der Waals surface area contributed by atoms with Crippen LogP contribution in [0.3, 0.4) is 0 Å². The quantitative estimate of drug-likeness (QED) is 0.536. The summed E-state index contributed by atoms with van der Waals surface area (Å²) in [6, 6.07) is 0.352. The lowest BCUT2D eigenvalue weighted by atomic mass is 10.1. The summed E-state index contributed by atoms with van der Waals surface area (Å²) in [6.45, 7) is 11.6. The van der Waals surface area contributed by atoms with E-state index in [1.807, 2.05) is 6.92 Å². The summed E-state index contributed by atoms with van der Waals surface area (Å²) in [6.07, 6.45) is 1.89. The lowest BCUT2D eigenvalue weighted by molar-refractivity contribution is -0.118. The second-order valence-corrected chi connectivity index (χ2v) is 4.68. The summed E-state index contributed by atoms with van der Waals surface area (Å²) in [5, 5.41) is 0. The van der Waals surface area contributed by atoms with Gasteiger partial charge in [0.05, 0.1) is 6.67 Å². The molecule has 0 bridgehead atoms. The lowest BCUT2D eigenvalue weighted by Crippen LogP contribution is -2.32. The van der Waals surface area contributed by atoms with Gasteiger partial charge in [-0.25, -0.2) is 0 Å². The highest BCUT2D eigenvalue weighted by atomic mass is 16.1. The minimum atomic E-state index is 0.327. The van der Waals surface area contributed by atoms with E-state index in [1.165, 1.54) is 0 Å². The Morgan fingerprint density at radius 3 is 1.88 bits per heavy atom. The number of carbonyl (C=O) groups excluding carboxylic acids is 1. The van der Waals surface area contributed by atoms with E-state index in [1.54, 1.807) is 4.90 Å². The number of amides is 1. The maximum atomic E-state index is 10.2. The van der Waals surface area contributed by atoms with Crippen LogP contribution < -0.4 is 11.5 Å². The van der Waals surface area contributed by atoms with E-state index in [9.17, 15) is 4.79 Å². The molecule has 0 aromatic carbocycles. The number of rotatable bonds is 6. The highest BCUT2D eigenvalue weighted by molar-refractivity contribution is 5.46. The number of carbonyl (C=O) groups is 1. The van der Waals surface area contributed by atoms with Gasteiger partial charge in [0, 0.05) is 12.6 Å². The average Bonchev–Trinajstić information content (AvgIpc) is 2.26. The Labute approximate surface area is 100 Å². The van der Waals surface area contributed by atoms with E-state index in [-0.39, 0.29) is 0 Å². The van der Waals surface area contributed by atoms with Crippen LogP contribution in [-0.4, -0.2) is 30.6 Å². The van der Waals surface area contributed by atoms with Gasteiger partial charge in [-0.05, 0) is 18.8 Å². The summed E-state index contributed by atoms with van der Waals surface area (Å²) in [7, 11) is 0. The van der Waals surface area contributed by atoms with Crippen LogP contribution in [0, 0.1) is 11.8 Å². The Kier molecular flexibility index (Phi) is 12.1. The van der Waals surface area contributed by atoms with Gasteiger partial charge in [0.2, 0.25) is 6.41 Å². The van der Waals surface area contributed by atoms with E-state index in [2.05, 4.69) is 27.7 Å². The molecular formula is C12H29N3O.